The van der Waals surface area contributed by atoms with Gasteiger partial charge in [0.15, 0.2) is 0 Å². The van der Waals surface area contributed by atoms with Crippen LogP contribution in [0.4, 0.5) is 0 Å². The van der Waals surface area contributed by atoms with Crippen LogP contribution in [0.5, 0.6) is 0 Å². The zero-order chi connectivity index (χ0) is 12.4. The van der Waals surface area contributed by atoms with E-state index in [1.165, 1.54) is 10.9 Å². The Hall–Kier alpha value is -1.74. The third-order valence-electron chi connectivity index (χ3n) is 3.55. The zero-order valence-electron chi connectivity index (χ0n) is 10.3. The molecule has 3 rings (SSSR count). The third-order valence-corrected chi connectivity index (χ3v) is 3.55. The van der Waals surface area contributed by atoms with Crippen LogP contribution in [-0.4, -0.2) is 28.8 Å². The first-order chi connectivity index (χ1) is 8.83. The number of para-hydroxylation sites is 1. The van der Waals surface area contributed by atoms with Crippen LogP contribution in [0.1, 0.15) is 18.4 Å². The number of benzene rings is 1. The van der Waals surface area contributed by atoms with E-state index in [9.17, 15) is 4.79 Å². The molecule has 0 bridgehead atoms. The molecule has 0 saturated carbocycles. The number of aromatic nitrogens is 1. The van der Waals surface area contributed by atoms with Gasteiger partial charge >= 0.3 is 0 Å². The Balaban J connectivity index is 1.84. The highest BCUT2D eigenvalue weighted by Crippen LogP contribution is 2.19. The number of likely N-dealkylation sites (tertiary alicyclic amines) is 1. The molecule has 1 aromatic heterocycles. The first-order valence-electron chi connectivity index (χ1n) is 6.39. The number of pyridine rings is 1. The molecule has 3 nitrogen and oxygen atoms in total. The van der Waals surface area contributed by atoms with E-state index in [4.69, 9.17) is 0 Å². The molecule has 0 spiro atoms. The summed E-state index contributed by atoms with van der Waals surface area (Å²) in [5.41, 5.74) is 2.35. The Labute approximate surface area is 106 Å². The molecule has 0 radical (unpaired) electrons. The summed E-state index contributed by atoms with van der Waals surface area (Å²) in [5.74, 6) is 0.394. The summed E-state index contributed by atoms with van der Waals surface area (Å²) in [6, 6.07) is 10.3. The lowest BCUT2D eigenvalue weighted by Gasteiger charge is -2.26. The largest absolute Gasteiger partial charge is 0.300 e. The number of fused-ring (bicyclic) bond motifs is 1. The van der Waals surface area contributed by atoms with E-state index in [0.717, 1.165) is 25.2 Å². The SMILES string of the molecule is O=C1CCN(Cc2ccnc3ccccc23)CC1. The van der Waals surface area contributed by atoms with E-state index < -0.39 is 0 Å². The predicted molar refractivity (Wildman–Crippen MR) is 71.3 cm³/mol. The average molecular weight is 240 g/mol. The highest BCUT2D eigenvalue weighted by Gasteiger charge is 2.16. The quantitative estimate of drug-likeness (QED) is 0.808. The number of piperidine rings is 1. The Morgan fingerprint density at radius 3 is 2.72 bits per heavy atom. The van der Waals surface area contributed by atoms with Crippen LogP contribution in [0.25, 0.3) is 10.9 Å². The van der Waals surface area contributed by atoms with Gasteiger partial charge in [0.1, 0.15) is 5.78 Å². The summed E-state index contributed by atoms with van der Waals surface area (Å²) >= 11 is 0. The fourth-order valence-corrected chi connectivity index (χ4v) is 2.49. The van der Waals surface area contributed by atoms with E-state index in [1.54, 1.807) is 0 Å². The Morgan fingerprint density at radius 1 is 1.11 bits per heavy atom. The van der Waals surface area contributed by atoms with Crippen LogP contribution in [0.15, 0.2) is 36.5 Å². The molecule has 0 amide bonds. The lowest BCUT2D eigenvalue weighted by molar-refractivity contribution is -0.121. The summed E-state index contributed by atoms with van der Waals surface area (Å²) in [7, 11) is 0. The lowest BCUT2D eigenvalue weighted by atomic mass is 10.1. The molecule has 0 N–H and O–H groups in total. The molecule has 2 heterocycles. The minimum Gasteiger partial charge on any atom is -0.300 e. The van der Waals surface area contributed by atoms with Crippen LogP contribution in [0, 0.1) is 0 Å². The van der Waals surface area contributed by atoms with E-state index in [-0.39, 0.29) is 0 Å². The monoisotopic (exact) mass is 240 g/mol. The molecule has 18 heavy (non-hydrogen) atoms. The van der Waals surface area contributed by atoms with Crippen LogP contribution in [-0.2, 0) is 11.3 Å². The van der Waals surface area contributed by atoms with Crippen molar-refractivity contribution in [2.24, 2.45) is 0 Å². The lowest BCUT2D eigenvalue weighted by Crippen LogP contribution is -2.33. The molecule has 0 aliphatic carbocycles. The second kappa shape index (κ2) is 4.86. The number of nitrogens with zero attached hydrogens (tertiary/aromatic N) is 2. The number of hydrogen-bond donors (Lipinski definition) is 0. The second-order valence-corrected chi connectivity index (χ2v) is 4.80. The summed E-state index contributed by atoms with van der Waals surface area (Å²) in [5, 5.41) is 1.22. The minimum atomic E-state index is 0.394. The molecule has 1 fully saturated rings. The van der Waals surface area contributed by atoms with Crippen molar-refractivity contribution in [3.63, 3.8) is 0 Å². The predicted octanol–water partition coefficient (Wildman–Crippen LogP) is 2.40. The van der Waals surface area contributed by atoms with Crippen LogP contribution in [0.3, 0.4) is 0 Å². The van der Waals surface area contributed by atoms with Gasteiger partial charge in [0.25, 0.3) is 0 Å². The van der Waals surface area contributed by atoms with Crippen molar-refractivity contribution in [3.8, 4) is 0 Å². The van der Waals surface area contributed by atoms with Gasteiger partial charge in [-0.15, -0.1) is 0 Å². The number of hydrogen-bond acceptors (Lipinski definition) is 3. The summed E-state index contributed by atoms with van der Waals surface area (Å²) in [6.45, 7) is 2.68. The topological polar surface area (TPSA) is 33.2 Å². The molecule has 1 aliphatic rings. The molecular formula is C15H16N2O. The molecule has 1 aliphatic heterocycles. The van der Waals surface area contributed by atoms with Gasteiger partial charge in [0.2, 0.25) is 0 Å². The van der Waals surface area contributed by atoms with Gasteiger partial charge in [-0.3, -0.25) is 14.7 Å². The average Bonchev–Trinajstić information content (AvgIpc) is 2.42. The highest BCUT2D eigenvalue weighted by molar-refractivity contribution is 5.82. The van der Waals surface area contributed by atoms with Gasteiger partial charge in [-0.1, -0.05) is 18.2 Å². The zero-order valence-corrected chi connectivity index (χ0v) is 10.3. The van der Waals surface area contributed by atoms with Crippen LogP contribution in [0.2, 0.25) is 0 Å². The van der Waals surface area contributed by atoms with Gasteiger partial charge in [-0.25, -0.2) is 0 Å². The van der Waals surface area contributed by atoms with E-state index in [1.807, 2.05) is 24.4 Å². The van der Waals surface area contributed by atoms with Crippen molar-refractivity contribution in [1.82, 2.24) is 9.88 Å². The summed E-state index contributed by atoms with van der Waals surface area (Å²) < 4.78 is 0. The van der Waals surface area contributed by atoms with Gasteiger partial charge in [0, 0.05) is 44.1 Å². The van der Waals surface area contributed by atoms with Gasteiger partial charge in [0.05, 0.1) is 5.52 Å². The number of carbonyl (C=O) groups excluding carboxylic acids is 1. The number of rotatable bonds is 2. The van der Waals surface area contributed by atoms with Crippen molar-refractivity contribution in [3.05, 3.63) is 42.1 Å². The van der Waals surface area contributed by atoms with Crippen molar-refractivity contribution >= 4 is 16.7 Å². The van der Waals surface area contributed by atoms with E-state index in [0.29, 0.717) is 18.6 Å². The minimum absolute atomic E-state index is 0.394. The van der Waals surface area contributed by atoms with Crippen LogP contribution >= 0.6 is 0 Å². The van der Waals surface area contributed by atoms with E-state index >= 15 is 0 Å². The number of ketones is 1. The second-order valence-electron chi connectivity index (χ2n) is 4.80. The molecule has 3 heteroatoms. The van der Waals surface area contributed by atoms with Gasteiger partial charge < -0.3 is 0 Å². The molecule has 1 aromatic carbocycles. The molecular weight excluding hydrogens is 224 g/mol. The molecule has 0 atom stereocenters. The fourth-order valence-electron chi connectivity index (χ4n) is 2.49. The van der Waals surface area contributed by atoms with Gasteiger partial charge in [-0.05, 0) is 17.7 Å². The Kier molecular flexibility index (Phi) is 3.07. The molecule has 92 valence electrons. The van der Waals surface area contributed by atoms with Crippen molar-refractivity contribution < 1.29 is 4.79 Å². The smallest absolute Gasteiger partial charge is 0.135 e. The Morgan fingerprint density at radius 2 is 1.89 bits per heavy atom. The molecule has 0 unspecified atom stereocenters. The summed E-state index contributed by atoms with van der Waals surface area (Å²) in [6.07, 6.45) is 3.26. The Bertz CT molecular complexity index is 564. The molecule has 1 saturated heterocycles. The standard InChI is InChI=1S/C15H16N2O/c18-13-6-9-17(10-7-13)11-12-5-8-16-15-4-2-1-3-14(12)15/h1-5,8H,6-7,9-11H2. The van der Waals surface area contributed by atoms with Crippen LogP contribution < -0.4 is 0 Å². The van der Waals surface area contributed by atoms with Crippen molar-refractivity contribution in [2.75, 3.05) is 13.1 Å². The first-order valence-corrected chi connectivity index (χ1v) is 6.39. The number of carbonyl (C=O) groups is 1. The van der Waals surface area contributed by atoms with E-state index in [2.05, 4.69) is 22.0 Å². The normalized spacial score (nSPS) is 17.2. The van der Waals surface area contributed by atoms with Crippen molar-refractivity contribution in [2.45, 2.75) is 19.4 Å². The fraction of sp³-hybridized carbons (Fsp3) is 0.333. The highest BCUT2D eigenvalue weighted by atomic mass is 16.1. The number of Topliss-reactive ketones (excluding diaryl/α,β-unsaturated/α-hetero) is 1. The maximum atomic E-state index is 11.2. The van der Waals surface area contributed by atoms with Crippen molar-refractivity contribution in [1.29, 1.82) is 0 Å². The molecule has 2 aromatic rings. The third kappa shape index (κ3) is 2.27. The van der Waals surface area contributed by atoms with Gasteiger partial charge in [-0.2, -0.15) is 0 Å². The summed E-state index contributed by atoms with van der Waals surface area (Å²) in [4.78, 5) is 18.0. The maximum absolute atomic E-state index is 11.2. The maximum Gasteiger partial charge on any atom is 0.135 e. The first kappa shape index (κ1) is 11.4.